The summed E-state index contributed by atoms with van der Waals surface area (Å²) in [5.74, 6) is -2.40. The highest BCUT2D eigenvalue weighted by Crippen LogP contribution is 2.33. The zero-order valence-electron chi connectivity index (χ0n) is 15.8. The van der Waals surface area contributed by atoms with Gasteiger partial charge in [-0.25, -0.2) is 13.2 Å². The number of benzene rings is 2. The molecule has 3 aromatic rings. The number of amides is 2. The second-order valence-corrected chi connectivity index (χ2v) is 6.92. The SMILES string of the molecule is NC(=O)CCc1c(-c2ccc(F)cc2)[nH]c2c(F)cc(F)cc12.O=C1C[C@@H](O)CN1. The van der Waals surface area contributed by atoms with Gasteiger partial charge < -0.3 is 21.1 Å². The van der Waals surface area contributed by atoms with Gasteiger partial charge in [0.15, 0.2) is 0 Å². The van der Waals surface area contributed by atoms with Crippen molar-refractivity contribution in [1.82, 2.24) is 10.3 Å². The van der Waals surface area contributed by atoms with Crippen molar-refractivity contribution in [2.45, 2.75) is 25.4 Å². The molecule has 1 fully saturated rings. The molecule has 6 nitrogen and oxygen atoms in total. The summed E-state index contributed by atoms with van der Waals surface area (Å²) in [6, 6.07) is 7.60. The van der Waals surface area contributed by atoms with E-state index < -0.39 is 29.5 Å². The predicted molar refractivity (Wildman–Crippen MR) is 105 cm³/mol. The van der Waals surface area contributed by atoms with Crippen LogP contribution in [0.25, 0.3) is 22.2 Å². The van der Waals surface area contributed by atoms with E-state index in [1.807, 2.05) is 0 Å². The van der Waals surface area contributed by atoms with E-state index >= 15 is 0 Å². The molecule has 1 aliphatic heterocycles. The molecule has 0 unspecified atom stereocenters. The molecule has 1 aliphatic rings. The van der Waals surface area contributed by atoms with Gasteiger partial charge in [0.2, 0.25) is 11.8 Å². The van der Waals surface area contributed by atoms with Crippen LogP contribution in [0, 0.1) is 17.5 Å². The number of nitrogens with one attached hydrogen (secondary N) is 2. The van der Waals surface area contributed by atoms with Crippen LogP contribution >= 0.6 is 0 Å². The minimum absolute atomic E-state index is 0.0410. The lowest BCUT2D eigenvalue weighted by Crippen LogP contribution is -2.14. The fourth-order valence-electron chi connectivity index (χ4n) is 3.23. The molecule has 0 spiro atoms. The van der Waals surface area contributed by atoms with Gasteiger partial charge in [0.25, 0.3) is 0 Å². The first-order valence-electron chi connectivity index (χ1n) is 9.23. The topological polar surface area (TPSA) is 108 Å². The van der Waals surface area contributed by atoms with Crippen LogP contribution in [0.4, 0.5) is 13.2 Å². The van der Waals surface area contributed by atoms with Crippen LogP contribution in [0.5, 0.6) is 0 Å². The lowest BCUT2D eigenvalue weighted by molar-refractivity contribution is -0.119. The van der Waals surface area contributed by atoms with Gasteiger partial charge in [0.05, 0.1) is 18.0 Å². The average Bonchev–Trinajstić information content (AvgIpc) is 3.23. The van der Waals surface area contributed by atoms with Crippen LogP contribution in [0.15, 0.2) is 36.4 Å². The Labute approximate surface area is 169 Å². The molecule has 1 saturated heterocycles. The molecule has 2 aromatic carbocycles. The lowest BCUT2D eigenvalue weighted by atomic mass is 10.0. The Bertz CT molecular complexity index is 1080. The maximum atomic E-state index is 14.0. The number of rotatable bonds is 4. The van der Waals surface area contributed by atoms with E-state index in [4.69, 9.17) is 10.8 Å². The van der Waals surface area contributed by atoms with Crippen molar-refractivity contribution in [1.29, 1.82) is 0 Å². The number of aromatic amines is 1. The predicted octanol–water partition coefficient (Wildman–Crippen LogP) is 2.54. The second-order valence-electron chi connectivity index (χ2n) is 6.92. The Morgan fingerprint density at radius 3 is 2.37 bits per heavy atom. The Balaban J connectivity index is 0.000000310. The smallest absolute Gasteiger partial charge is 0.222 e. The van der Waals surface area contributed by atoms with Crippen LogP contribution in [0.1, 0.15) is 18.4 Å². The highest BCUT2D eigenvalue weighted by Gasteiger charge is 2.18. The van der Waals surface area contributed by atoms with Crippen molar-refractivity contribution in [3.8, 4) is 11.3 Å². The summed E-state index contributed by atoms with van der Waals surface area (Å²) in [7, 11) is 0. The minimum atomic E-state index is -0.728. The van der Waals surface area contributed by atoms with Crippen LogP contribution in [0.2, 0.25) is 0 Å². The molecule has 2 amide bonds. The lowest BCUT2D eigenvalue weighted by Gasteiger charge is -2.04. The monoisotopic (exact) mass is 419 g/mol. The van der Waals surface area contributed by atoms with Crippen molar-refractivity contribution in [2.75, 3.05) is 6.54 Å². The molecule has 0 radical (unpaired) electrons. The third-order valence-electron chi connectivity index (χ3n) is 4.64. The molecule has 9 heteroatoms. The van der Waals surface area contributed by atoms with E-state index in [9.17, 15) is 22.8 Å². The van der Waals surface area contributed by atoms with E-state index in [0.29, 0.717) is 28.8 Å². The molecule has 158 valence electrons. The fraction of sp³-hybridized carbons (Fsp3) is 0.238. The van der Waals surface area contributed by atoms with Gasteiger partial charge in [0, 0.05) is 30.1 Å². The zero-order valence-corrected chi connectivity index (χ0v) is 15.8. The van der Waals surface area contributed by atoms with E-state index in [2.05, 4.69) is 10.3 Å². The highest BCUT2D eigenvalue weighted by molar-refractivity contribution is 5.91. The first kappa shape index (κ1) is 21.4. The van der Waals surface area contributed by atoms with Gasteiger partial charge in [0.1, 0.15) is 17.5 Å². The molecular formula is C21H20F3N3O3. The number of halogens is 3. The molecule has 1 aromatic heterocycles. The van der Waals surface area contributed by atoms with Gasteiger partial charge in [-0.3, -0.25) is 9.59 Å². The van der Waals surface area contributed by atoms with E-state index in [1.165, 1.54) is 30.3 Å². The van der Waals surface area contributed by atoms with Gasteiger partial charge in [-0.15, -0.1) is 0 Å². The van der Waals surface area contributed by atoms with Crippen molar-refractivity contribution in [3.05, 3.63) is 59.4 Å². The standard InChI is InChI=1S/C17H13F3N2O.C4H7NO2/c18-10-3-1-9(2-4-10)16-12(5-6-15(21)23)13-7-11(19)8-14(20)17(13)22-16;6-3-1-4(7)5-2-3/h1-4,7-8,22H,5-6H2,(H2,21,23);3,6H,1-2H2,(H,5,7)/t;3-/m.1/s1. The molecule has 5 N–H and O–H groups in total. The number of nitrogens with two attached hydrogens (primary N) is 1. The molecule has 2 heterocycles. The van der Waals surface area contributed by atoms with Gasteiger partial charge in [-0.05, 0) is 47.9 Å². The number of aryl methyl sites for hydroxylation is 1. The molecule has 4 rings (SSSR count). The van der Waals surface area contributed by atoms with Gasteiger partial charge >= 0.3 is 0 Å². The average molecular weight is 419 g/mol. The zero-order chi connectivity index (χ0) is 21.8. The molecule has 30 heavy (non-hydrogen) atoms. The number of primary amides is 1. The molecule has 0 aliphatic carbocycles. The number of β-amino-alcohol motifs (C(OH)–C–C–N with tert-alkyl or cyclic N) is 1. The summed E-state index contributed by atoms with van der Waals surface area (Å²) in [6.45, 7) is 0.429. The quantitative estimate of drug-likeness (QED) is 0.522. The van der Waals surface area contributed by atoms with Crippen molar-refractivity contribution in [3.63, 3.8) is 0 Å². The van der Waals surface area contributed by atoms with Gasteiger partial charge in [-0.1, -0.05) is 0 Å². The Morgan fingerprint density at radius 1 is 1.13 bits per heavy atom. The summed E-state index contributed by atoms with van der Waals surface area (Å²) < 4.78 is 40.6. The van der Waals surface area contributed by atoms with E-state index in [1.54, 1.807) is 0 Å². The summed E-state index contributed by atoms with van der Waals surface area (Å²) in [6.07, 6.45) is 0.108. The molecular weight excluding hydrogens is 399 g/mol. The van der Waals surface area contributed by atoms with Crippen LogP contribution < -0.4 is 11.1 Å². The summed E-state index contributed by atoms with van der Waals surface area (Å²) >= 11 is 0. The van der Waals surface area contributed by atoms with E-state index in [0.717, 1.165) is 6.07 Å². The number of hydrogen-bond donors (Lipinski definition) is 4. The minimum Gasteiger partial charge on any atom is -0.391 e. The van der Waals surface area contributed by atoms with E-state index in [-0.39, 0.29) is 30.7 Å². The number of fused-ring (bicyclic) bond motifs is 1. The summed E-state index contributed by atoms with van der Waals surface area (Å²) in [4.78, 5) is 24.2. The first-order valence-corrected chi connectivity index (χ1v) is 9.23. The Kier molecular flexibility index (Phi) is 6.41. The number of aliphatic hydroxyl groups is 1. The third kappa shape index (κ3) is 4.98. The second kappa shape index (κ2) is 9.00. The van der Waals surface area contributed by atoms with Crippen molar-refractivity contribution >= 4 is 22.7 Å². The maximum Gasteiger partial charge on any atom is 0.222 e. The van der Waals surface area contributed by atoms with Crippen LogP contribution in [-0.2, 0) is 16.0 Å². The number of carbonyl (C=O) groups excluding carboxylic acids is 2. The first-order chi connectivity index (χ1) is 14.2. The van der Waals surface area contributed by atoms with Gasteiger partial charge in [-0.2, -0.15) is 0 Å². The number of carbonyl (C=O) groups is 2. The largest absolute Gasteiger partial charge is 0.391 e. The number of aromatic nitrogens is 1. The normalized spacial score (nSPS) is 15.6. The van der Waals surface area contributed by atoms with Crippen LogP contribution in [0.3, 0.4) is 0 Å². The Hall–Kier alpha value is -3.33. The van der Waals surface area contributed by atoms with Crippen LogP contribution in [-0.4, -0.2) is 34.6 Å². The highest BCUT2D eigenvalue weighted by atomic mass is 19.1. The fourth-order valence-corrected chi connectivity index (χ4v) is 3.23. The summed E-state index contributed by atoms with van der Waals surface area (Å²) in [5, 5.41) is 11.4. The number of hydrogen-bond acceptors (Lipinski definition) is 3. The third-order valence-corrected chi connectivity index (χ3v) is 4.64. The van der Waals surface area contributed by atoms with Crippen molar-refractivity contribution < 1.29 is 27.9 Å². The molecule has 0 saturated carbocycles. The number of H-pyrrole nitrogens is 1. The number of aliphatic hydroxyl groups excluding tert-OH is 1. The Morgan fingerprint density at radius 2 is 1.83 bits per heavy atom. The van der Waals surface area contributed by atoms with Crippen molar-refractivity contribution in [2.24, 2.45) is 5.73 Å². The molecule has 1 atom stereocenters. The molecule has 0 bridgehead atoms. The summed E-state index contributed by atoms with van der Waals surface area (Å²) in [5.41, 5.74) is 7.02. The maximum absolute atomic E-state index is 14.0.